The highest BCUT2D eigenvalue weighted by Gasteiger charge is 2.51. The summed E-state index contributed by atoms with van der Waals surface area (Å²) < 4.78 is 0. The minimum absolute atomic E-state index is 0.153. The number of hydrogen-bond acceptors (Lipinski definition) is 3. The molecule has 1 heterocycles. The van der Waals surface area contributed by atoms with E-state index in [4.69, 9.17) is 4.84 Å². The maximum absolute atomic E-state index is 12.0. The first-order chi connectivity index (χ1) is 7.53. The van der Waals surface area contributed by atoms with E-state index in [1.807, 2.05) is 13.8 Å². The number of benzene rings is 1. The summed E-state index contributed by atoms with van der Waals surface area (Å²) in [4.78, 5) is 17.0. The van der Waals surface area contributed by atoms with Crippen LogP contribution in [0, 0.1) is 5.92 Å². The van der Waals surface area contributed by atoms with Gasteiger partial charge in [0.05, 0.1) is 7.11 Å². The van der Waals surface area contributed by atoms with Crippen LogP contribution in [0.3, 0.4) is 0 Å². The summed E-state index contributed by atoms with van der Waals surface area (Å²) in [5.74, 6) is -0.450. The van der Waals surface area contributed by atoms with Crippen LogP contribution in [0.2, 0.25) is 0 Å². The number of rotatable bonds is 2. The van der Waals surface area contributed by atoms with Crippen molar-refractivity contribution in [1.29, 1.82) is 0 Å². The van der Waals surface area contributed by atoms with Gasteiger partial charge >= 0.3 is 0 Å². The summed E-state index contributed by atoms with van der Waals surface area (Å²) >= 11 is 0. The monoisotopic (exact) mass is 221 g/mol. The number of hydroxylamine groups is 2. The van der Waals surface area contributed by atoms with Crippen molar-refractivity contribution in [1.82, 2.24) is 5.06 Å². The van der Waals surface area contributed by atoms with Crippen LogP contribution in [-0.2, 0) is 10.6 Å². The fourth-order valence-electron chi connectivity index (χ4n) is 2.13. The number of amides is 1. The molecule has 0 bridgehead atoms. The van der Waals surface area contributed by atoms with Crippen LogP contribution in [0.15, 0.2) is 24.3 Å². The number of nitrogens with zero attached hydrogens (tertiary/aromatic N) is 1. The van der Waals surface area contributed by atoms with Crippen molar-refractivity contribution in [2.45, 2.75) is 19.6 Å². The van der Waals surface area contributed by atoms with Gasteiger partial charge in [0, 0.05) is 17.0 Å². The molecule has 0 saturated carbocycles. The zero-order valence-corrected chi connectivity index (χ0v) is 9.60. The Morgan fingerprint density at radius 3 is 2.56 bits per heavy atom. The molecule has 0 aliphatic carbocycles. The van der Waals surface area contributed by atoms with Gasteiger partial charge in [0.1, 0.15) is 0 Å². The van der Waals surface area contributed by atoms with E-state index >= 15 is 0 Å². The van der Waals surface area contributed by atoms with Crippen LogP contribution < -0.4 is 0 Å². The van der Waals surface area contributed by atoms with E-state index in [0.29, 0.717) is 11.1 Å². The van der Waals surface area contributed by atoms with Crippen molar-refractivity contribution in [3.63, 3.8) is 0 Å². The SMILES string of the molecule is CON1C(=O)c2ccccc2[C@@]1(O)C(C)C. The Kier molecular flexibility index (Phi) is 2.48. The van der Waals surface area contributed by atoms with Crippen molar-refractivity contribution in [2.75, 3.05) is 7.11 Å². The predicted octanol–water partition coefficient (Wildman–Crippen LogP) is 1.50. The Labute approximate surface area is 94.4 Å². The van der Waals surface area contributed by atoms with Crippen molar-refractivity contribution in [3.8, 4) is 0 Å². The third kappa shape index (κ3) is 1.20. The first kappa shape index (κ1) is 11.1. The molecule has 1 N–H and O–H groups in total. The molecule has 1 aromatic carbocycles. The van der Waals surface area contributed by atoms with Crippen LogP contribution in [0.4, 0.5) is 0 Å². The van der Waals surface area contributed by atoms with Crippen LogP contribution in [-0.4, -0.2) is 23.2 Å². The minimum Gasteiger partial charge on any atom is -0.365 e. The average molecular weight is 221 g/mol. The molecule has 0 aromatic heterocycles. The van der Waals surface area contributed by atoms with Gasteiger partial charge in [-0.05, 0) is 6.07 Å². The Hall–Kier alpha value is -1.39. The molecule has 1 atom stereocenters. The minimum atomic E-state index is -1.37. The molecule has 2 rings (SSSR count). The molecule has 0 radical (unpaired) electrons. The van der Waals surface area contributed by atoms with Crippen molar-refractivity contribution in [3.05, 3.63) is 35.4 Å². The van der Waals surface area contributed by atoms with Gasteiger partial charge in [-0.25, -0.2) is 0 Å². The molecular weight excluding hydrogens is 206 g/mol. The molecule has 1 amide bonds. The third-order valence-electron chi connectivity index (χ3n) is 3.04. The summed E-state index contributed by atoms with van der Waals surface area (Å²) in [6, 6.07) is 7.03. The molecule has 1 aromatic rings. The number of fused-ring (bicyclic) bond motifs is 1. The lowest BCUT2D eigenvalue weighted by atomic mass is 9.92. The number of carbonyl (C=O) groups excluding carboxylic acids is 1. The van der Waals surface area contributed by atoms with Crippen LogP contribution in [0.5, 0.6) is 0 Å². The van der Waals surface area contributed by atoms with Gasteiger partial charge in [-0.15, -0.1) is 0 Å². The molecule has 4 nitrogen and oxygen atoms in total. The Morgan fingerprint density at radius 1 is 1.38 bits per heavy atom. The number of hydrogen-bond donors (Lipinski definition) is 1. The Balaban J connectivity index is 2.64. The lowest BCUT2D eigenvalue weighted by Crippen LogP contribution is -2.46. The molecule has 0 unspecified atom stereocenters. The molecule has 1 aliphatic rings. The quantitative estimate of drug-likeness (QED) is 0.823. The van der Waals surface area contributed by atoms with Gasteiger partial charge in [-0.1, -0.05) is 32.0 Å². The van der Waals surface area contributed by atoms with Gasteiger partial charge in [0.15, 0.2) is 5.72 Å². The van der Waals surface area contributed by atoms with Crippen molar-refractivity contribution in [2.24, 2.45) is 5.92 Å². The summed E-state index contributed by atoms with van der Waals surface area (Å²) in [7, 11) is 1.39. The number of aliphatic hydroxyl groups is 1. The highest BCUT2D eigenvalue weighted by molar-refractivity contribution is 5.98. The van der Waals surface area contributed by atoms with Gasteiger partial charge in [-0.2, -0.15) is 5.06 Å². The van der Waals surface area contributed by atoms with Crippen LogP contribution in [0.25, 0.3) is 0 Å². The van der Waals surface area contributed by atoms with Crippen molar-refractivity contribution < 1.29 is 14.7 Å². The maximum atomic E-state index is 12.0. The molecule has 0 spiro atoms. The van der Waals surface area contributed by atoms with E-state index in [1.54, 1.807) is 24.3 Å². The standard InChI is InChI=1S/C12H15NO3/c1-8(2)12(15)10-7-5-4-6-9(10)11(14)13(12)16-3/h4-8,15H,1-3H3/t12-/m0/s1. The molecule has 4 heteroatoms. The van der Waals surface area contributed by atoms with Crippen LogP contribution >= 0.6 is 0 Å². The fraction of sp³-hybridized carbons (Fsp3) is 0.417. The highest BCUT2D eigenvalue weighted by atomic mass is 16.7. The topological polar surface area (TPSA) is 49.8 Å². The van der Waals surface area contributed by atoms with Crippen LogP contribution in [0.1, 0.15) is 29.8 Å². The first-order valence-corrected chi connectivity index (χ1v) is 5.24. The van der Waals surface area contributed by atoms with Gasteiger partial charge in [0.25, 0.3) is 5.91 Å². The summed E-state index contributed by atoms with van der Waals surface area (Å²) in [5.41, 5.74) is -0.264. The maximum Gasteiger partial charge on any atom is 0.280 e. The van der Waals surface area contributed by atoms with E-state index in [1.165, 1.54) is 7.11 Å². The fourth-order valence-corrected chi connectivity index (χ4v) is 2.13. The molecule has 16 heavy (non-hydrogen) atoms. The highest BCUT2D eigenvalue weighted by Crippen LogP contribution is 2.41. The number of carbonyl (C=O) groups is 1. The van der Waals surface area contributed by atoms with E-state index < -0.39 is 5.72 Å². The van der Waals surface area contributed by atoms with E-state index in [0.717, 1.165) is 5.06 Å². The average Bonchev–Trinajstić information content (AvgIpc) is 2.50. The van der Waals surface area contributed by atoms with Crippen molar-refractivity contribution >= 4 is 5.91 Å². The molecule has 86 valence electrons. The Bertz CT molecular complexity index is 430. The van der Waals surface area contributed by atoms with Gasteiger partial charge < -0.3 is 5.11 Å². The molecular formula is C12H15NO3. The smallest absolute Gasteiger partial charge is 0.280 e. The van der Waals surface area contributed by atoms with Gasteiger partial charge in [0.2, 0.25) is 0 Å². The van der Waals surface area contributed by atoms with E-state index in [2.05, 4.69) is 0 Å². The largest absolute Gasteiger partial charge is 0.365 e. The second-order valence-electron chi connectivity index (χ2n) is 4.21. The second kappa shape index (κ2) is 3.57. The zero-order chi connectivity index (χ0) is 11.9. The van der Waals surface area contributed by atoms with E-state index in [-0.39, 0.29) is 11.8 Å². The second-order valence-corrected chi connectivity index (χ2v) is 4.21. The normalized spacial score (nSPS) is 24.1. The molecule has 1 aliphatic heterocycles. The first-order valence-electron chi connectivity index (χ1n) is 5.24. The summed E-state index contributed by atoms with van der Waals surface area (Å²) in [5, 5.41) is 11.7. The van der Waals surface area contributed by atoms with Gasteiger partial charge in [-0.3, -0.25) is 9.63 Å². The summed E-state index contributed by atoms with van der Waals surface area (Å²) in [6.07, 6.45) is 0. The summed E-state index contributed by atoms with van der Waals surface area (Å²) in [6.45, 7) is 3.70. The van der Waals surface area contributed by atoms with E-state index in [9.17, 15) is 9.90 Å². The Morgan fingerprint density at radius 2 is 2.00 bits per heavy atom. The molecule has 0 saturated heterocycles. The molecule has 0 fully saturated rings. The predicted molar refractivity (Wildman–Crippen MR) is 58.4 cm³/mol. The zero-order valence-electron chi connectivity index (χ0n) is 9.60. The lowest BCUT2D eigenvalue weighted by molar-refractivity contribution is -0.262. The third-order valence-corrected chi connectivity index (χ3v) is 3.04. The lowest BCUT2D eigenvalue weighted by Gasteiger charge is -2.35.